The smallest absolute Gasteiger partial charge is 0.323 e. The molecule has 1 amide bonds. The molecule has 2 rings (SSSR count). The first-order chi connectivity index (χ1) is 8.58. The summed E-state index contributed by atoms with van der Waals surface area (Å²) in [4.78, 5) is 21.5. The van der Waals surface area contributed by atoms with E-state index >= 15 is 0 Å². The summed E-state index contributed by atoms with van der Waals surface area (Å²) in [5, 5.41) is 9.73. The Labute approximate surface area is 103 Å². The predicted molar refractivity (Wildman–Crippen MR) is 67.8 cm³/mol. The van der Waals surface area contributed by atoms with E-state index in [1.54, 1.807) is 16.8 Å². The summed E-state index contributed by atoms with van der Waals surface area (Å²) in [7, 11) is 0. The number of aliphatic carboxylic acids is 1. The zero-order valence-corrected chi connectivity index (χ0v) is 9.54. The Balaban J connectivity index is 2.53. The van der Waals surface area contributed by atoms with Gasteiger partial charge in [0, 0.05) is 28.7 Å². The van der Waals surface area contributed by atoms with Gasteiger partial charge in [0.2, 0.25) is 5.91 Å². The summed E-state index contributed by atoms with van der Waals surface area (Å²) in [6.07, 6.45) is 4.54. The van der Waals surface area contributed by atoms with Crippen LogP contribution in [0.3, 0.4) is 0 Å². The van der Waals surface area contributed by atoms with Crippen molar-refractivity contribution in [2.24, 2.45) is 5.73 Å². The normalized spacial score (nSPS) is 11.1. The Bertz CT molecular complexity index is 641. The fourth-order valence-electron chi connectivity index (χ4n) is 1.86. The molecular weight excluding hydrogens is 232 g/mol. The van der Waals surface area contributed by atoms with Crippen molar-refractivity contribution in [3.05, 3.63) is 42.1 Å². The maximum atomic E-state index is 10.8. The average molecular weight is 244 g/mol. The topological polar surface area (TPSA) is 85.3 Å². The molecule has 0 spiro atoms. The third-order valence-electron chi connectivity index (χ3n) is 2.55. The lowest BCUT2D eigenvalue weighted by Gasteiger charge is -1.99. The van der Waals surface area contributed by atoms with Crippen LogP contribution in [0.1, 0.15) is 5.56 Å². The highest BCUT2D eigenvalue weighted by Gasteiger charge is 2.08. The van der Waals surface area contributed by atoms with Gasteiger partial charge >= 0.3 is 5.97 Å². The molecule has 5 heteroatoms. The summed E-state index contributed by atoms with van der Waals surface area (Å²) in [5.41, 5.74) is 6.62. The number of amides is 1. The molecule has 0 aliphatic rings. The number of carboxylic acids is 1. The Hall–Kier alpha value is -2.56. The van der Waals surface area contributed by atoms with Crippen LogP contribution in [-0.2, 0) is 16.1 Å². The number of nitrogens with zero attached hydrogens (tertiary/aromatic N) is 1. The number of benzene rings is 1. The highest BCUT2D eigenvalue weighted by molar-refractivity contribution is 5.96. The fraction of sp³-hybridized carbons (Fsp3) is 0.0769. The van der Waals surface area contributed by atoms with Gasteiger partial charge in [-0.15, -0.1) is 0 Å². The van der Waals surface area contributed by atoms with Gasteiger partial charge in [0.1, 0.15) is 6.54 Å². The Morgan fingerprint density at radius 3 is 2.72 bits per heavy atom. The molecule has 0 aliphatic heterocycles. The molecule has 1 aromatic carbocycles. The number of carboxylic acid groups (broad SMARTS) is 1. The lowest BCUT2D eigenvalue weighted by Crippen LogP contribution is -2.07. The van der Waals surface area contributed by atoms with Crippen LogP contribution in [0.25, 0.3) is 17.0 Å². The second-order valence-electron chi connectivity index (χ2n) is 3.86. The van der Waals surface area contributed by atoms with Crippen LogP contribution >= 0.6 is 0 Å². The first-order valence-electron chi connectivity index (χ1n) is 5.35. The number of carbonyl (C=O) groups excluding carboxylic acids is 1. The van der Waals surface area contributed by atoms with Gasteiger partial charge in [-0.1, -0.05) is 18.2 Å². The molecular formula is C13H12N2O3. The molecule has 92 valence electrons. The number of nitrogens with two attached hydrogens (primary N) is 1. The van der Waals surface area contributed by atoms with Gasteiger partial charge in [-0.25, -0.2) is 0 Å². The average Bonchev–Trinajstić information content (AvgIpc) is 2.65. The van der Waals surface area contributed by atoms with Crippen LogP contribution in [0.5, 0.6) is 0 Å². The molecule has 0 fully saturated rings. The lowest BCUT2D eigenvalue weighted by atomic mass is 10.1. The minimum Gasteiger partial charge on any atom is -0.480 e. The molecule has 0 aliphatic carbocycles. The van der Waals surface area contributed by atoms with E-state index in [0.29, 0.717) is 0 Å². The first-order valence-corrected chi connectivity index (χ1v) is 5.35. The fourth-order valence-corrected chi connectivity index (χ4v) is 1.86. The summed E-state index contributed by atoms with van der Waals surface area (Å²) >= 11 is 0. The number of hydrogen-bond acceptors (Lipinski definition) is 2. The van der Waals surface area contributed by atoms with E-state index in [4.69, 9.17) is 10.8 Å². The zero-order chi connectivity index (χ0) is 13.1. The predicted octanol–water partition coefficient (Wildman–Crippen LogP) is 1.22. The number of carbonyl (C=O) groups is 2. The van der Waals surface area contributed by atoms with Gasteiger partial charge in [0.25, 0.3) is 0 Å². The largest absolute Gasteiger partial charge is 0.480 e. The summed E-state index contributed by atoms with van der Waals surface area (Å²) in [6, 6.07) is 7.39. The molecule has 18 heavy (non-hydrogen) atoms. The van der Waals surface area contributed by atoms with E-state index < -0.39 is 11.9 Å². The van der Waals surface area contributed by atoms with Crippen LogP contribution < -0.4 is 5.73 Å². The van der Waals surface area contributed by atoms with Gasteiger partial charge < -0.3 is 15.4 Å². The maximum Gasteiger partial charge on any atom is 0.323 e. The van der Waals surface area contributed by atoms with Crippen LogP contribution in [0.15, 0.2) is 36.5 Å². The van der Waals surface area contributed by atoms with Crippen molar-refractivity contribution < 1.29 is 14.7 Å². The van der Waals surface area contributed by atoms with Crippen molar-refractivity contribution in [3.8, 4) is 0 Å². The number of aromatic nitrogens is 1. The third kappa shape index (κ3) is 2.40. The number of primary amides is 1. The van der Waals surface area contributed by atoms with Crippen LogP contribution in [0.4, 0.5) is 0 Å². The van der Waals surface area contributed by atoms with Crippen molar-refractivity contribution >= 4 is 28.9 Å². The van der Waals surface area contributed by atoms with Gasteiger partial charge in [-0.2, -0.15) is 0 Å². The zero-order valence-electron chi connectivity index (χ0n) is 9.54. The standard InChI is InChI=1S/C13H12N2O3/c14-12(16)6-5-9-7-15(8-13(17)18)11-4-2-1-3-10(9)11/h1-7H,8H2,(H2,14,16)(H,17,18). The molecule has 2 aromatic rings. The van der Waals surface area contributed by atoms with E-state index in [-0.39, 0.29) is 6.54 Å². The molecule has 3 N–H and O–H groups in total. The van der Waals surface area contributed by atoms with E-state index in [1.807, 2.05) is 24.3 Å². The van der Waals surface area contributed by atoms with E-state index in [1.165, 1.54) is 6.08 Å². The molecule has 1 heterocycles. The van der Waals surface area contributed by atoms with Crippen LogP contribution in [0, 0.1) is 0 Å². The SMILES string of the molecule is NC(=O)C=Cc1cn(CC(=O)O)c2ccccc12. The summed E-state index contributed by atoms with van der Waals surface area (Å²) in [6.45, 7) is -0.120. The van der Waals surface area contributed by atoms with Gasteiger partial charge in [-0.3, -0.25) is 9.59 Å². The maximum absolute atomic E-state index is 10.8. The molecule has 0 radical (unpaired) electrons. The van der Waals surface area contributed by atoms with Crippen molar-refractivity contribution in [2.75, 3.05) is 0 Å². The highest BCUT2D eigenvalue weighted by Crippen LogP contribution is 2.22. The third-order valence-corrected chi connectivity index (χ3v) is 2.55. The summed E-state index contributed by atoms with van der Waals surface area (Å²) < 4.78 is 1.62. The molecule has 5 nitrogen and oxygen atoms in total. The molecule has 1 aromatic heterocycles. The molecule has 0 saturated carbocycles. The van der Waals surface area contributed by atoms with Crippen molar-refractivity contribution in [1.29, 1.82) is 0 Å². The molecule has 0 unspecified atom stereocenters. The lowest BCUT2D eigenvalue weighted by molar-refractivity contribution is -0.137. The number of fused-ring (bicyclic) bond motifs is 1. The summed E-state index contributed by atoms with van der Waals surface area (Å²) in [5.74, 6) is -1.45. The number of hydrogen-bond donors (Lipinski definition) is 2. The Morgan fingerprint density at radius 1 is 1.33 bits per heavy atom. The van der Waals surface area contributed by atoms with Gasteiger partial charge in [0.05, 0.1) is 0 Å². The quantitative estimate of drug-likeness (QED) is 0.793. The van der Waals surface area contributed by atoms with Crippen molar-refractivity contribution in [2.45, 2.75) is 6.54 Å². The number of para-hydroxylation sites is 1. The van der Waals surface area contributed by atoms with Gasteiger partial charge in [-0.05, 0) is 12.1 Å². The van der Waals surface area contributed by atoms with Crippen LogP contribution in [-0.4, -0.2) is 21.6 Å². The first kappa shape index (κ1) is 11.9. The van der Waals surface area contributed by atoms with E-state index in [9.17, 15) is 9.59 Å². The minimum atomic E-state index is -0.916. The highest BCUT2D eigenvalue weighted by atomic mass is 16.4. The minimum absolute atomic E-state index is 0.120. The second-order valence-corrected chi connectivity index (χ2v) is 3.86. The molecule has 0 atom stereocenters. The monoisotopic (exact) mass is 244 g/mol. The Morgan fingerprint density at radius 2 is 2.06 bits per heavy atom. The second kappa shape index (κ2) is 4.75. The number of rotatable bonds is 4. The molecule has 0 bridgehead atoms. The van der Waals surface area contributed by atoms with E-state index in [2.05, 4.69) is 0 Å². The van der Waals surface area contributed by atoms with Gasteiger partial charge in [0.15, 0.2) is 0 Å². The van der Waals surface area contributed by atoms with Crippen molar-refractivity contribution in [3.63, 3.8) is 0 Å². The molecule has 0 saturated heterocycles. The van der Waals surface area contributed by atoms with E-state index in [0.717, 1.165) is 16.5 Å². The van der Waals surface area contributed by atoms with Crippen LogP contribution in [0.2, 0.25) is 0 Å². The Kier molecular flexibility index (Phi) is 3.14. The van der Waals surface area contributed by atoms with Crippen molar-refractivity contribution in [1.82, 2.24) is 4.57 Å².